The van der Waals surface area contributed by atoms with Crippen molar-refractivity contribution in [1.82, 2.24) is 4.57 Å². The third-order valence-corrected chi connectivity index (χ3v) is 4.32. The highest BCUT2D eigenvalue weighted by Crippen LogP contribution is 2.14. The molecular weight excluding hydrogens is 376 g/mol. The molecule has 2 aromatic carbocycles. The Morgan fingerprint density at radius 2 is 1.29 bits per heavy atom. The quantitative estimate of drug-likeness (QED) is 0.608. The van der Waals surface area contributed by atoms with Crippen LogP contribution in [0, 0.1) is 0 Å². The van der Waals surface area contributed by atoms with Gasteiger partial charge in [0.2, 0.25) is 0 Å². The summed E-state index contributed by atoms with van der Waals surface area (Å²) >= 11 is 0. The van der Waals surface area contributed by atoms with Gasteiger partial charge in [0.05, 0.1) is 14.1 Å². The van der Waals surface area contributed by atoms with Gasteiger partial charge in [-0.1, -0.05) is 36.4 Å². The summed E-state index contributed by atoms with van der Waals surface area (Å²) in [4.78, 5) is 12.5. The average Bonchev–Trinajstić information content (AvgIpc) is 2.67. The SMILES string of the molecule is Cn1c(/C=C/c2ccc(O)cc2)cc(/C=C/c2ccc(O)cc2)[n+](C)c1=O.[Cl-]. The highest BCUT2D eigenvalue weighted by molar-refractivity contribution is 5.71. The molecule has 1 heterocycles. The van der Waals surface area contributed by atoms with Gasteiger partial charge < -0.3 is 22.6 Å². The van der Waals surface area contributed by atoms with E-state index in [1.165, 1.54) is 0 Å². The van der Waals surface area contributed by atoms with Crippen LogP contribution in [0.5, 0.6) is 11.5 Å². The van der Waals surface area contributed by atoms with Crippen LogP contribution in [0.3, 0.4) is 0 Å². The van der Waals surface area contributed by atoms with E-state index in [2.05, 4.69) is 0 Å². The second kappa shape index (κ2) is 9.06. The number of nitrogens with zero attached hydrogens (tertiary/aromatic N) is 2. The third-order valence-electron chi connectivity index (χ3n) is 4.32. The van der Waals surface area contributed by atoms with Crippen LogP contribution in [0.25, 0.3) is 24.3 Å². The number of aromatic nitrogens is 2. The van der Waals surface area contributed by atoms with Gasteiger partial charge in [-0.05, 0) is 47.5 Å². The van der Waals surface area contributed by atoms with E-state index in [1.807, 2.05) is 30.4 Å². The molecule has 6 heteroatoms. The number of hydrogen-bond donors (Lipinski definition) is 2. The predicted molar refractivity (Wildman–Crippen MR) is 107 cm³/mol. The number of halogens is 1. The minimum Gasteiger partial charge on any atom is -1.00 e. The number of phenols is 2. The van der Waals surface area contributed by atoms with E-state index in [4.69, 9.17) is 0 Å². The van der Waals surface area contributed by atoms with Crippen molar-refractivity contribution >= 4 is 24.3 Å². The molecule has 3 rings (SSSR count). The fourth-order valence-electron chi connectivity index (χ4n) is 2.64. The fraction of sp³-hybridized carbons (Fsp3) is 0.0909. The molecule has 0 aliphatic heterocycles. The summed E-state index contributed by atoms with van der Waals surface area (Å²) < 4.78 is 3.16. The molecule has 2 N–H and O–H groups in total. The molecule has 144 valence electrons. The average molecular weight is 397 g/mol. The summed E-state index contributed by atoms with van der Waals surface area (Å²) in [6, 6.07) is 15.6. The van der Waals surface area contributed by atoms with Crippen molar-refractivity contribution in [1.29, 1.82) is 0 Å². The molecule has 0 spiro atoms. The predicted octanol–water partition coefficient (Wildman–Crippen LogP) is -0.0342. The molecule has 0 aliphatic carbocycles. The Morgan fingerprint density at radius 3 is 1.79 bits per heavy atom. The molecule has 0 bridgehead atoms. The first-order chi connectivity index (χ1) is 12.9. The van der Waals surface area contributed by atoms with Crippen LogP contribution in [0.4, 0.5) is 0 Å². The second-order valence-electron chi connectivity index (χ2n) is 6.24. The van der Waals surface area contributed by atoms with Crippen molar-refractivity contribution in [3.63, 3.8) is 0 Å². The molecule has 0 aliphatic rings. The first-order valence-electron chi connectivity index (χ1n) is 8.48. The lowest BCUT2D eigenvalue weighted by atomic mass is 10.1. The van der Waals surface area contributed by atoms with E-state index in [0.29, 0.717) is 0 Å². The van der Waals surface area contributed by atoms with Gasteiger partial charge in [0, 0.05) is 6.07 Å². The zero-order valence-corrected chi connectivity index (χ0v) is 16.3. The molecule has 0 saturated carbocycles. The Bertz CT molecular complexity index is 984. The maximum Gasteiger partial charge on any atom is 0.498 e. The zero-order chi connectivity index (χ0) is 19.4. The van der Waals surface area contributed by atoms with E-state index in [9.17, 15) is 15.0 Å². The van der Waals surface area contributed by atoms with Gasteiger partial charge in [0.15, 0.2) is 0 Å². The summed E-state index contributed by atoms with van der Waals surface area (Å²) in [5.41, 5.74) is 3.24. The van der Waals surface area contributed by atoms with Crippen LogP contribution in [-0.2, 0) is 14.1 Å². The van der Waals surface area contributed by atoms with E-state index >= 15 is 0 Å². The monoisotopic (exact) mass is 396 g/mol. The fourth-order valence-corrected chi connectivity index (χ4v) is 2.64. The molecule has 5 nitrogen and oxygen atoms in total. The van der Waals surface area contributed by atoms with Crippen LogP contribution in [0.15, 0.2) is 59.4 Å². The molecule has 3 aromatic rings. The van der Waals surface area contributed by atoms with E-state index in [0.717, 1.165) is 22.5 Å². The van der Waals surface area contributed by atoms with Crippen molar-refractivity contribution in [2.75, 3.05) is 0 Å². The smallest absolute Gasteiger partial charge is 0.498 e. The van der Waals surface area contributed by atoms with Gasteiger partial charge >= 0.3 is 5.69 Å². The Morgan fingerprint density at radius 1 is 0.821 bits per heavy atom. The number of hydrogen-bond acceptors (Lipinski definition) is 3. The molecule has 0 atom stereocenters. The van der Waals surface area contributed by atoms with Crippen LogP contribution >= 0.6 is 0 Å². The number of aromatic hydroxyl groups is 2. The Balaban J connectivity index is 0.00000280. The van der Waals surface area contributed by atoms with Crippen molar-refractivity contribution in [3.05, 3.63) is 87.6 Å². The Hall–Kier alpha value is -3.31. The lowest BCUT2D eigenvalue weighted by molar-refractivity contribution is -0.692. The molecule has 0 fully saturated rings. The minimum atomic E-state index is -0.131. The van der Waals surface area contributed by atoms with Crippen molar-refractivity contribution in [2.45, 2.75) is 0 Å². The zero-order valence-electron chi connectivity index (χ0n) is 15.6. The third kappa shape index (κ3) is 4.90. The summed E-state index contributed by atoms with van der Waals surface area (Å²) in [5.74, 6) is 0.431. The Labute approximate surface area is 169 Å². The summed E-state index contributed by atoms with van der Waals surface area (Å²) in [6.07, 6.45) is 7.51. The highest BCUT2D eigenvalue weighted by atomic mass is 35.5. The highest BCUT2D eigenvalue weighted by Gasteiger charge is 2.12. The summed E-state index contributed by atoms with van der Waals surface area (Å²) in [7, 11) is 3.46. The first kappa shape index (κ1) is 21.0. The van der Waals surface area contributed by atoms with Gasteiger partial charge in [-0.25, -0.2) is 0 Å². The summed E-state index contributed by atoms with van der Waals surface area (Å²) in [5, 5.41) is 18.7. The van der Waals surface area contributed by atoms with Gasteiger partial charge in [0.1, 0.15) is 22.9 Å². The van der Waals surface area contributed by atoms with Crippen molar-refractivity contribution < 1.29 is 27.2 Å². The molecule has 0 radical (unpaired) electrons. The Kier molecular flexibility index (Phi) is 6.79. The minimum absolute atomic E-state index is 0. The lowest BCUT2D eigenvalue weighted by Gasteiger charge is -2.03. The molecule has 0 saturated heterocycles. The normalized spacial score (nSPS) is 11.1. The molecule has 1 aromatic heterocycles. The maximum absolute atomic E-state index is 12.5. The number of phenolic OH excluding ortho intramolecular Hbond substituents is 2. The molecule has 28 heavy (non-hydrogen) atoms. The van der Waals surface area contributed by atoms with Crippen molar-refractivity contribution in [3.8, 4) is 11.5 Å². The lowest BCUT2D eigenvalue weighted by Crippen LogP contribution is -3.00. The molecule has 0 amide bonds. The van der Waals surface area contributed by atoms with Crippen LogP contribution in [0.2, 0.25) is 0 Å². The topological polar surface area (TPSA) is 66.3 Å². The van der Waals surface area contributed by atoms with Crippen molar-refractivity contribution in [2.24, 2.45) is 14.1 Å². The molecule has 0 unspecified atom stereocenters. The molecular formula is C22H21ClN2O3. The standard InChI is InChI=1S/C22H20N2O3.ClH/c1-23-18(9-3-16-5-11-20(25)12-6-16)15-19(24(2)22(23)27)10-4-17-7-13-21(26)14-8-17;/h3-15H,1-2H3,(H,25,26);1H. The largest absolute Gasteiger partial charge is 1.00 e. The number of rotatable bonds is 4. The van der Waals surface area contributed by atoms with Gasteiger partial charge in [-0.2, -0.15) is 13.9 Å². The van der Waals surface area contributed by atoms with E-state index in [-0.39, 0.29) is 29.6 Å². The van der Waals surface area contributed by atoms with Gasteiger partial charge in [0.25, 0.3) is 0 Å². The van der Waals surface area contributed by atoms with E-state index < -0.39 is 0 Å². The number of benzene rings is 2. The second-order valence-corrected chi connectivity index (χ2v) is 6.24. The summed E-state index contributed by atoms with van der Waals surface area (Å²) in [6.45, 7) is 0. The maximum atomic E-state index is 12.5. The first-order valence-corrected chi connectivity index (χ1v) is 8.48. The van der Waals surface area contributed by atoms with E-state index in [1.54, 1.807) is 71.8 Å². The van der Waals surface area contributed by atoms with Crippen LogP contribution < -0.4 is 22.7 Å². The van der Waals surface area contributed by atoms with Crippen LogP contribution in [-0.4, -0.2) is 14.8 Å². The van der Waals surface area contributed by atoms with Crippen LogP contribution in [0.1, 0.15) is 22.5 Å². The van der Waals surface area contributed by atoms with Gasteiger partial charge in [-0.15, -0.1) is 0 Å². The van der Waals surface area contributed by atoms with Gasteiger partial charge in [-0.3, -0.25) is 0 Å².